The van der Waals surface area contributed by atoms with Crippen molar-refractivity contribution >= 4 is 11.0 Å². The Bertz CT molecular complexity index is 1280. The Labute approximate surface area is 200 Å². The summed E-state index contributed by atoms with van der Waals surface area (Å²) in [4.78, 5) is 15.5. The lowest BCUT2D eigenvalue weighted by atomic mass is 10.1. The summed E-state index contributed by atoms with van der Waals surface area (Å²) in [6.45, 7) is 9.93. The molecule has 0 spiro atoms. The Morgan fingerprint density at radius 2 is 1.97 bits per heavy atom. The summed E-state index contributed by atoms with van der Waals surface area (Å²) < 4.78 is 2.09. The second-order valence-electron chi connectivity index (χ2n) is 10.1. The van der Waals surface area contributed by atoms with Crippen LogP contribution in [0.3, 0.4) is 0 Å². The lowest BCUT2D eigenvalue weighted by Gasteiger charge is -2.33. The highest BCUT2D eigenvalue weighted by Gasteiger charge is 2.32. The maximum atomic E-state index is 4.83. The van der Waals surface area contributed by atoms with Gasteiger partial charge in [0.1, 0.15) is 5.82 Å². The van der Waals surface area contributed by atoms with Crippen LogP contribution in [0.5, 0.6) is 0 Å². The van der Waals surface area contributed by atoms with Gasteiger partial charge in [0.25, 0.3) is 0 Å². The van der Waals surface area contributed by atoms with E-state index in [1.54, 1.807) is 0 Å². The highest BCUT2D eigenvalue weighted by molar-refractivity contribution is 5.81. The fourth-order valence-corrected chi connectivity index (χ4v) is 5.14. The SMILES string of the molecule is CC1CC1Cn1cc(-c2ccc3nc(Cc4cc(C(C)N5CCNCC5)ccn4)[nH]c3c2)cn1. The monoisotopic (exact) mass is 455 g/mol. The van der Waals surface area contributed by atoms with E-state index in [0.717, 1.165) is 72.7 Å². The lowest BCUT2D eigenvalue weighted by molar-refractivity contribution is 0.185. The van der Waals surface area contributed by atoms with Crippen LogP contribution >= 0.6 is 0 Å². The van der Waals surface area contributed by atoms with Gasteiger partial charge in [-0.15, -0.1) is 0 Å². The zero-order valence-corrected chi connectivity index (χ0v) is 20.0. The lowest BCUT2D eigenvalue weighted by Crippen LogP contribution is -2.44. The molecule has 1 aliphatic heterocycles. The molecule has 3 unspecified atom stereocenters. The summed E-state index contributed by atoms with van der Waals surface area (Å²) in [5.41, 5.74) is 6.74. The second-order valence-corrected chi connectivity index (χ2v) is 10.1. The second kappa shape index (κ2) is 8.96. The van der Waals surface area contributed by atoms with Crippen molar-refractivity contribution in [3.8, 4) is 11.1 Å². The molecule has 3 aromatic heterocycles. The molecule has 1 saturated heterocycles. The molecule has 2 aliphatic rings. The molecule has 7 nitrogen and oxygen atoms in total. The zero-order chi connectivity index (χ0) is 23.1. The molecule has 3 atom stereocenters. The number of H-pyrrole nitrogens is 1. The van der Waals surface area contributed by atoms with E-state index in [1.165, 1.54) is 17.5 Å². The third-order valence-electron chi connectivity index (χ3n) is 7.57. The van der Waals surface area contributed by atoms with Crippen LogP contribution in [0.15, 0.2) is 48.9 Å². The quantitative estimate of drug-likeness (QED) is 0.440. The average molecular weight is 456 g/mol. The van der Waals surface area contributed by atoms with Crippen molar-refractivity contribution in [3.05, 3.63) is 66.0 Å². The Balaban J connectivity index is 1.18. The summed E-state index contributed by atoms with van der Waals surface area (Å²) in [5.74, 6) is 2.58. The molecule has 1 saturated carbocycles. The summed E-state index contributed by atoms with van der Waals surface area (Å²) >= 11 is 0. The van der Waals surface area contributed by atoms with Crippen LogP contribution in [0.1, 0.15) is 43.4 Å². The molecule has 1 aromatic carbocycles. The molecular weight excluding hydrogens is 422 g/mol. The van der Waals surface area contributed by atoms with Crippen molar-refractivity contribution in [1.82, 2.24) is 34.9 Å². The number of fused-ring (bicyclic) bond motifs is 1. The maximum Gasteiger partial charge on any atom is 0.113 e. The minimum atomic E-state index is 0.395. The molecule has 34 heavy (non-hydrogen) atoms. The van der Waals surface area contributed by atoms with E-state index >= 15 is 0 Å². The van der Waals surface area contributed by atoms with Crippen molar-refractivity contribution in [3.63, 3.8) is 0 Å². The molecule has 176 valence electrons. The number of aromatic nitrogens is 5. The van der Waals surface area contributed by atoms with Crippen molar-refractivity contribution in [1.29, 1.82) is 0 Å². The first-order chi connectivity index (χ1) is 16.6. The minimum absolute atomic E-state index is 0.395. The number of nitrogens with zero attached hydrogens (tertiary/aromatic N) is 5. The summed E-state index contributed by atoms with van der Waals surface area (Å²) in [5, 5.41) is 8.01. The van der Waals surface area contributed by atoms with E-state index in [9.17, 15) is 0 Å². The molecule has 4 heterocycles. The molecule has 7 heteroatoms. The van der Waals surface area contributed by atoms with Gasteiger partial charge in [0.2, 0.25) is 0 Å². The molecule has 6 rings (SSSR count). The van der Waals surface area contributed by atoms with Gasteiger partial charge in [-0.3, -0.25) is 14.6 Å². The largest absolute Gasteiger partial charge is 0.342 e. The molecular formula is C27H33N7. The van der Waals surface area contributed by atoms with Crippen molar-refractivity contribution < 1.29 is 0 Å². The number of benzene rings is 1. The van der Waals surface area contributed by atoms with Crippen molar-refractivity contribution in [2.24, 2.45) is 11.8 Å². The summed E-state index contributed by atoms with van der Waals surface area (Å²) in [7, 11) is 0. The van der Waals surface area contributed by atoms with Gasteiger partial charge in [0.15, 0.2) is 0 Å². The van der Waals surface area contributed by atoms with Crippen LogP contribution in [-0.4, -0.2) is 55.8 Å². The van der Waals surface area contributed by atoms with Gasteiger partial charge in [-0.1, -0.05) is 13.0 Å². The van der Waals surface area contributed by atoms with Crippen LogP contribution in [0.25, 0.3) is 22.2 Å². The maximum absolute atomic E-state index is 4.83. The fourth-order valence-electron chi connectivity index (χ4n) is 5.14. The third-order valence-corrected chi connectivity index (χ3v) is 7.57. The van der Waals surface area contributed by atoms with Gasteiger partial charge >= 0.3 is 0 Å². The number of nitrogens with one attached hydrogen (secondary N) is 2. The summed E-state index contributed by atoms with van der Waals surface area (Å²) in [6, 6.07) is 11.2. The number of hydrogen-bond donors (Lipinski definition) is 2. The first kappa shape index (κ1) is 21.5. The van der Waals surface area contributed by atoms with Crippen LogP contribution < -0.4 is 5.32 Å². The van der Waals surface area contributed by atoms with E-state index in [1.807, 2.05) is 12.4 Å². The van der Waals surface area contributed by atoms with E-state index in [0.29, 0.717) is 12.5 Å². The van der Waals surface area contributed by atoms with E-state index < -0.39 is 0 Å². The Morgan fingerprint density at radius 1 is 1.12 bits per heavy atom. The predicted molar refractivity (Wildman–Crippen MR) is 134 cm³/mol. The molecule has 2 N–H and O–H groups in total. The molecule has 2 fully saturated rings. The number of pyridine rings is 1. The number of rotatable bonds is 7. The Morgan fingerprint density at radius 3 is 2.79 bits per heavy atom. The van der Waals surface area contributed by atoms with E-state index in [-0.39, 0.29) is 0 Å². The molecule has 0 bridgehead atoms. The first-order valence-electron chi connectivity index (χ1n) is 12.5. The van der Waals surface area contributed by atoms with Crippen LogP contribution in [0.4, 0.5) is 0 Å². The van der Waals surface area contributed by atoms with E-state index in [4.69, 9.17) is 4.98 Å². The van der Waals surface area contributed by atoms with Crippen molar-refractivity contribution in [2.75, 3.05) is 26.2 Å². The third kappa shape index (κ3) is 4.50. The van der Waals surface area contributed by atoms with Crippen LogP contribution in [0.2, 0.25) is 0 Å². The van der Waals surface area contributed by atoms with Gasteiger partial charge in [-0.25, -0.2) is 4.98 Å². The van der Waals surface area contributed by atoms with Gasteiger partial charge in [0.05, 0.1) is 17.2 Å². The summed E-state index contributed by atoms with van der Waals surface area (Å²) in [6.07, 6.45) is 8.09. The number of aromatic amines is 1. The number of hydrogen-bond acceptors (Lipinski definition) is 5. The number of piperazine rings is 1. The fraction of sp³-hybridized carbons (Fsp3) is 0.444. The normalized spacial score (nSPS) is 21.7. The van der Waals surface area contributed by atoms with Crippen LogP contribution in [0, 0.1) is 11.8 Å². The topological polar surface area (TPSA) is 74.7 Å². The highest BCUT2D eigenvalue weighted by atomic mass is 15.3. The number of imidazole rings is 1. The standard InChI is InChI=1S/C27H33N7/c1-18-11-22(18)16-34-17-23(15-30-34)21-3-4-25-26(13-21)32-27(31-25)14-24-12-20(5-6-29-24)19(2)33-9-7-28-8-10-33/h3-6,12-13,15,17-19,22,28H,7-11,14,16H2,1-2H3,(H,31,32). The Hall–Kier alpha value is -3.03. The van der Waals surface area contributed by atoms with Crippen LogP contribution in [-0.2, 0) is 13.0 Å². The molecule has 1 aliphatic carbocycles. The molecule has 0 amide bonds. The average Bonchev–Trinajstić information content (AvgIpc) is 3.22. The van der Waals surface area contributed by atoms with Gasteiger partial charge in [-0.2, -0.15) is 5.10 Å². The van der Waals surface area contributed by atoms with Gasteiger partial charge in [-0.05, 0) is 60.6 Å². The smallest absolute Gasteiger partial charge is 0.113 e. The van der Waals surface area contributed by atoms with E-state index in [2.05, 4.69) is 80.3 Å². The predicted octanol–water partition coefficient (Wildman–Crippen LogP) is 4.03. The first-order valence-corrected chi connectivity index (χ1v) is 12.5. The Kier molecular flexibility index (Phi) is 5.67. The van der Waals surface area contributed by atoms with Gasteiger partial charge in [0, 0.05) is 68.8 Å². The van der Waals surface area contributed by atoms with Gasteiger partial charge < -0.3 is 10.3 Å². The van der Waals surface area contributed by atoms with Crippen molar-refractivity contribution in [2.45, 2.75) is 39.3 Å². The highest BCUT2D eigenvalue weighted by Crippen LogP contribution is 2.39. The molecule has 4 aromatic rings. The zero-order valence-electron chi connectivity index (χ0n) is 20.0. The molecule has 0 radical (unpaired) electrons. The minimum Gasteiger partial charge on any atom is -0.342 e.